The highest BCUT2D eigenvalue weighted by atomic mass is 32.2. The number of nitrogens with two attached hydrogens (primary N) is 1. The summed E-state index contributed by atoms with van der Waals surface area (Å²) in [4.78, 5) is 14.8. The summed E-state index contributed by atoms with van der Waals surface area (Å²) in [6, 6.07) is 6.72. The summed E-state index contributed by atoms with van der Waals surface area (Å²) in [5.41, 5.74) is -0.739. The van der Waals surface area contributed by atoms with E-state index in [0.29, 0.717) is 11.6 Å². The Labute approximate surface area is 170 Å². The van der Waals surface area contributed by atoms with E-state index in [0.717, 1.165) is 18.2 Å². The molecule has 0 unspecified atom stereocenters. The summed E-state index contributed by atoms with van der Waals surface area (Å²) in [6.07, 6.45) is -4.79. The number of sulfonamides is 1. The summed E-state index contributed by atoms with van der Waals surface area (Å²) < 4.78 is 77.1. The van der Waals surface area contributed by atoms with Gasteiger partial charge in [-0.15, -0.1) is 0 Å². The lowest BCUT2D eigenvalue weighted by atomic mass is 10.1. The predicted octanol–water partition coefficient (Wildman–Crippen LogP) is 2.76. The Bertz CT molecular complexity index is 1080. The molecule has 11 heteroatoms. The largest absolute Gasteiger partial charge is 0.418 e. The lowest BCUT2D eigenvalue weighted by Gasteiger charge is -2.37. The molecular formula is C19H19F4N3O3S. The number of piperazine rings is 1. The van der Waals surface area contributed by atoms with Crippen LogP contribution in [0.25, 0.3) is 0 Å². The number of hydrogen-bond acceptors (Lipinski definition) is 4. The first-order chi connectivity index (χ1) is 13.9. The lowest BCUT2D eigenvalue weighted by Crippen LogP contribution is -2.49. The summed E-state index contributed by atoms with van der Waals surface area (Å²) >= 11 is 0. The molecule has 2 aromatic carbocycles. The maximum atomic E-state index is 13.7. The van der Waals surface area contributed by atoms with Gasteiger partial charge in [0.2, 0.25) is 10.0 Å². The zero-order chi connectivity index (χ0) is 22.3. The molecule has 6 nitrogen and oxygen atoms in total. The zero-order valence-electron chi connectivity index (χ0n) is 15.9. The van der Waals surface area contributed by atoms with Crippen molar-refractivity contribution in [1.82, 2.24) is 4.90 Å². The lowest BCUT2D eigenvalue weighted by molar-refractivity contribution is -0.137. The van der Waals surface area contributed by atoms with Crippen molar-refractivity contribution in [3.05, 3.63) is 58.9 Å². The number of anilines is 1. The molecule has 0 aliphatic carbocycles. The van der Waals surface area contributed by atoms with E-state index < -0.39 is 38.4 Å². The van der Waals surface area contributed by atoms with Gasteiger partial charge in [-0.3, -0.25) is 4.79 Å². The van der Waals surface area contributed by atoms with Crippen molar-refractivity contribution < 1.29 is 30.8 Å². The van der Waals surface area contributed by atoms with Crippen LogP contribution in [0.2, 0.25) is 0 Å². The van der Waals surface area contributed by atoms with E-state index in [9.17, 15) is 30.8 Å². The molecule has 2 N–H and O–H groups in total. The minimum Gasteiger partial charge on any atom is -0.367 e. The number of carbonyl (C=O) groups is 1. The second kappa shape index (κ2) is 7.88. The first-order valence-corrected chi connectivity index (χ1v) is 10.5. The van der Waals surface area contributed by atoms with Crippen LogP contribution in [0.3, 0.4) is 0 Å². The minimum atomic E-state index is -4.79. The van der Waals surface area contributed by atoms with Crippen molar-refractivity contribution in [2.24, 2.45) is 5.14 Å². The summed E-state index contributed by atoms with van der Waals surface area (Å²) in [6.45, 7) is 2.02. The fourth-order valence-electron chi connectivity index (χ4n) is 3.25. The van der Waals surface area contributed by atoms with Crippen LogP contribution >= 0.6 is 0 Å². The third-order valence-corrected chi connectivity index (χ3v) is 5.84. The fraction of sp³-hybridized carbons (Fsp3) is 0.316. The molecule has 1 fully saturated rings. The molecule has 1 amide bonds. The van der Waals surface area contributed by atoms with E-state index >= 15 is 0 Å². The number of alkyl halides is 3. The standard InChI is InChI=1S/C19H19F4N3O3S/c1-12-2-3-13(10-16(12)20)18(27)26-8-6-25(7-9-26)17-5-4-14(30(24,28)29)11-15(17)19(21,22)23/h2-5,10-11H,6-9H2,1H3,(H2,24,28,29). The van der Waals surface area contributed by atoms with Crippen LogP contribution in [0.5, 0.6) is 0 Å². The van der Waals surface area contributed by atoms with Gasteiger partial charge in [0.05, 0.1) is 10.5 Å². The van der Waals surface area contributed by atoms with Crippen molar-refractivity contribution in [2.75, 3.05) is 31.1 Å². The van der Waals surface area contributed by atoms with Crippen LogP contribution in [-0.2, 0) is 16.2 Å². The maximum absolute atomic E-state index is 13.7. The molecule has 0 spiro atoms. The first kappa shape index (κ1) is 22.0. The highest BCUT2D eigenvalue weighted by Crippen LogP contribution is 2.38. The zero-order valence-corrected chi connectivity index (χ0v) is 16.7. The van der Waals surface area contributed by atoms with E-state index in [-0.39, 0.29) is 37.4 Å². The number of benzene rings is 2. The first-order valence-electron chi connectivity index (χ1n) is 8.92. The van der Waals surface area contributed by atoms with Crippen LogP contribution in [0.4, 0.5) is 23.2 Å². The molecule has 1 aliphatic rings. The van der Waals surface area contributed by atoms with Crippen molar-refractivity contribution >= 4 is 21.6 Å². The number of rotatable bonds is 3. The Morgan fingerprint density at radius 3 is 2.20 bits per heavy atom. The number of primary sulfonamides is 1. The Morgan fingerprint density at radius 1 is 1.03 bits per heavy atom. The van der Waals surface area contributed by atoms with E-state index in [1.165, 1.54) is 21.9 Å². The molecule has 0 saturated carbocycles. The third-order valence-electron chi connectivity index (χ3n) is 4.93. The van der Waals surface area contributed by atoms with Gasteiger partial charge >= 0.3 is 6.18 Å². The van der Waals surface area contributed by atoms with Crippen molar-refractivity contribution in [3.8, 4) is 0 Å². The topological polar surface area (TPSA) is 83.7 Å². The molecule has 162 valence electrons. The molecule has 1 saturated heterocycles. The predicted molar refractivity (Wildman–Crippen MR) is 102 cm³/mol. The molecule has 0 radical (unpaired) electrons. The van der Waals surface area contributed by atoms with Crippen LogP contribution in [0.15, 0.2) is 41.3 Å². The van der Waals surface area contributed by atoms with E-state index in [2.05, 4.69) is 0 Å². The van der Waals surface area contributed by atoms with Gasteiger partial charge in [0.15, 0.2) is 0 Å². The van der Waals surface area contributed by atoms with Gasteiger partial charge in [0, 0.05) is 37.4 Å². The Balaban J connectivity index is 1.80. The normalized spacial score (nSPS) is 15.4. The summed E-state index contributed by atoms with van der Waals surface area (Å²) in [7, 11) is -4.29. The second-order valence-electron chi connectivity index (χ2n) is 6.96. The van der Waals surface area contributed by atoms with Gasteiger partial charge in [-0.2, -0.15) is 13.2 Å². The average Bonchev–Trinajstić information content (AvgIpc) is 2.68. The van der Waals surface area contributed by atoms with Gasteiger partial charge in [0.1, 0.15) is 5.82 Å². The highest BCUT2D eigenvalue weighted by Gasteiger charge is 2.37. The van der Waals surface area contributed by atoms with Crippen LogP contribution in [0.1, 0.15) is 21.5 Å². The highest BCUT2D eigenvalue weighted by molar-refractivity contribution is 7.89. The number of aryl methyl sites for hydroxylation is 1. The molecule has 3 rings (SSSR count). The molecule has 0 bridgehead atoms. The number of halogens is 4. The smallest absolute Gasteiger partial charge is 0.367 e. The van der Waals surface area contributed by atoms with Gasteiger partial charge in [-0.25, -0.2) is 17.9 Å². The average molecular weight is 445 g/mol. The van der Waals surface area contributed by atoms with Crippen molar-refractivity contribution in [3.63, 3.8) is 0 Å². The van der Waals surface area contributed by atoms with E-state index in [4.69, 9.17) is 5.14 Å². The third kappa shape index (κ3) is 4.57. The molecule has 0 aromatic heterocycles. The molecular weight excluding hydrogens is 426 g/mol. The van der Waals surface area contributed by atoms with Gasteiger partial charge in [0.25, 0.3) is 5.91 Å². The van der Waals surface area contributed by atoms with E-state index in [1.54, 1.807) is 6.92 Å². The Kier molecular flexibility index (Phi) is 5.79. The molecule has 30 heavy (non-hydrogen) atoms. The number of nitrogens with zero attached hydrogens (tertiary/aromatic N) is 2. The number of amides is 1. The second-order valence-corrected chi connectivity index (χ2v) is 8.53. The Hall–Kier alpha value is -2.66. The molecule has 0 atom stereocenters. The SMILES string of the molecule is Cc1ccc(C(=O)N2CCN(c3ccc(S(N)(=O)=O)cc3C(F)(F)F)CC2)cc1F. The van der Waals surface area contributed by atoms with Crippen LogP contribution in [0, 0.1) is 12.7 Å². The summed E-state index contributed by atoms with van der Waals surface area (Å²) in [5.74, 6) is -0.918. The van der Waals surface area contributed by atoms with Crippen LogP contribution < -0.4 is 10.0 Å². The number of carbonyl (C=O) groups excluding carboxylic acids is 1. The molecule has 2 aromatic rings. The van der Waals surface area contributed by atoms with Crippen molar-refractivity contribution in [2.45, 2.75) is 18.0 Å². The minimum absolute atomic E-state index is 0.0951. The van der Waals surface area contributed by atoms with E-state index in [1.807, 2.05) is 0 Å². The Morgan fingerprint density at radius 2 is 1.67 bits per heavy atom. The van der Waals surface area contributed by atoms with Crippen LogP contribution in [-0.4, -0.2) is 45.4 Å². The quantitative estimate of drug-likeness (QED) is 0.737. The summed E-state index contributed by atoms with van der Waals surface area (Å²) in [5, 5.41) is 4.94. The van der Waals surface area contributed by atoms with Gasteiger partial charge in [-0.1, -0.05) is 6.07 Å². The van der Waals surface area contributed by atoms with Gasteiger partial charge in [-0.05, 0) is 42.8 Å². The van der Waals surface area contributed by atoms with Crippen molar-refractivity contribution in [1.29, 1.82) is 0 Å². The van der Waals surface area contributed by atoms with Gasteiger partial charge < -0.3 is 9.80 Å². The molecule has 1 heterocycles. The maximum Gasteiger partial charge on any atom is 0.418 e. The fourth-order valence-corrected chi connectivity index (χ4v) is 3.79. The molecule has 1 aliphatic heterocycles. The monoisotopic (exact) mass is 445 g/mol. The number of hydrogen-bond donors (Lipinski definition) is 1.